The molecule has 6 rings (SSSR count). The van der Waals surface area contributed by atoms with E-state index >= 15 is 0 Å². The molecule has 4 aromatic rings. The molecule has 0 atom stereocenters. The number of hydrogen-bond donors (Lipinski definition) is 1. The summed E-state index contributed by atoms with van der Waals surface area (Å²) in [5, 5.41) is 4.58. The van der Waals surface area contributed by atoms with Crippen LogP contribution in [0.25, 0.3) is 22.2 Å². The van der Waals surface area contributed by atoms with Crippen molar-refractivity contribution in [1.29, 1.82) is 0 Å². The van der Waals surface area contributed by atoms with Crippen LogP contribution in [0.4, 0.5) is 11.6 Å². The molecule has 1 spiro atoms. The van der Waals surface area contributed by atoms with Gasteiger partial charge in [-0.3, -0.25) is 4.79 Å². The van der Waals surface area contributed by atoms with E-state index in [4.69, 9.17) is 23.2 Å². The monoisotopic (exact) mass is 491 g/mol. The molecule has 2 aromatic heterocycles. The first-order valence-electron chi connectivity index (χ1n) is 11.2. The van der Waals surface area contributed by atoms with Gasteiger partial charge in [0.1, 0.15) is 5.65 Å². The molecule has 0 bridgehead atoms. The lowest BCUT2D eigenvalue weighted by Gasteiger charge is -2.32. The molecule has 0 radical (unpaired) electrons. The number of halogens is 2. The Morgan fingerprint density at radius 1 is 1.09 bits per heavy atom. The van der Waals surface area contributed by atoms with Crippen molar-refractivity contribution < 1.29 is 0 Å². The maximum absolute atomic E-state index is 13.3. The first-order valence-corrected chi connectivity index (χ1v) is 12.0. The van der Waals surface area contributed by atoms with Crippen LogP contribution in [0.15, 0.2) is 53.6 Å². The molecular weight excluding hydrogens is 469 g/mol. The average Bonchev–Trinajstić information content (AvgIpc) is 3.56. The smallest absolute Gasteiger partial charge is 0.229 e. The van der Waals surface area contributed by atoms with Crippen LogP contribution in [0, 0.1) is 0 Å². The van der Waals surface area contributed by atoms with Gasteiger partial charge in [-0.05, 0) is 55.3 Å². The van der Waals surface area contributed by atoms with Crippen molar-refractivity contribution in [2.45, 2.75) is 24.8 Å². The highest BCUT2D eigenvalue weighted by atomic mass is 35.5. The van der Waals surface area contributed by atoms with E-state index in [1.54, 1.807) is 35.2 Å². The van der Waals surface area contributed by atoms with Crippen molar-refractivity contribution in [1.82, 2.24) is 19.4 Å². The molecular formula is C26H23Cl2N5O. The third-order valence-electron chi connectivity index (χ3n) is 6.95. The molecule has 3 heterocycles. The summed E-state index contributed by atoms with van der Waals surface area (Å²) in [6.07, 6.45) is 5.81. The Kier molecular flexibility index (Phi) is 4.96. The first-order chi connectivity index (χ1) is 16.3. The predicted octanol–water partition coefficient (Wildman–Crippen LogP) is 5.52. The lowest BCUT2D eigenvalue weighted by atomic mass is 9.87. The molecule has 1 N–H and O–H groups in total. The molecule has 0 saturated heterocycles. The predicted molar refractivity (Wildman–Crippen MR) is 137 cm³/mol. The number of aromatic nitrogens is 3. The minimum atomic E-state index is -0.207. The largest absolute Gasteiger partial charge is 0.335 e. The Labute approximate surface area is 207 Å². The van der Waals surface area contributed by atoms with Crippen LogP contribution in [0.3, 0.4) is 0 Å². The Hall–Kier alpha value is -2.93. The van der Waals surface area contributed by atoms with Gasteiger partial charge >= 0.3 is 0 Å². The Balaban J connectivity index is 1.37. The minimum Gasteiger partial charge on any atom is -0.335 e. The zero-order valence-corrected chi connectivity index (χ0v) is 20.4. The quantitative estimate of drug-likeness (QED) is 0.408. The standard InChI is InChI=1S/C26H23Cl2N5O/c1-32-12-15-10-16(6-7-19(15)26(14-32)8-9-26)30-25-29-11-17-23(34)18(13-33(2)24(17)31-25)22-20(27)4-3-5-21(22)28/h3-7,10-11,13H,8-9,12,14H2,1-2H3,(H,29,30,31). The van der Waals surface area contributed by atoms with Crippen LogP contribution >= 0.6 is 23.2 Å². The fourth-order valence-corrected chi connectivity index (χ4v) is 5.83. The van der Waals surface area contributed by atoms with E-state index in [1.165, 1.54) is 24.0 Å². The van der Waals surface area contributed by atoms with Gasteiger partial charge in [0, 0.05) is 54.8 Å². The molecule has 172 valence electrons. The molecule has 8 heteroatoms. The van der Waals surface area contributed by atoms with Crippen LogP contribution < -0.4 is 10.7 Å². The maximum Gasteiger partial charge on any atom is 0.229 e. The van der Waals surface area contributed by atoms with Crippen molar-refractivity contribution in [2.75, 3.05) is 18.9 Å². The Morgan fingerprint density at radius 2 is 1.85 bits per heavy atom. The molecule has 6 nitrogen and oxygen atoms in total. The Bertz CT molecular complexity index is 1510. The fourth-order valence-electron chi connectivity index (χ4n) is 5.23. The number of nitrogens with one attached hydrogen (secondary N) is 1. The number of nitrogens with zero attached hydrogens (tertiary/aromatic N) is 4. The van der Waals surface area contributed by atoms with Gasteiger partial charge in [0.2, 0.25) is 11.4 Å². The number of benzene rings is 2. The zero-order chi connectivity index (χ0) is 23.6. The van der Waals surface area contributed by atoms with Gasteiger partial charge in [0.05, 0.1) is 15.4 Å². The third-order valence-corrected chi connectivity index (χ3v) is 7.58. The van der Waals surface area contributed by atoms with Gasteiger partial charge in [-0.1, -0.05) is 35.3 Å². The van der Waals surface area contributed by atoms with E-state index in [0.717, 1.165) is 18.8 Å². The van der Waals surface area contributed by atoms with E-state index in [-0.39, 0.29) is 5.43 Å². The molecule has 0 amide bonds. The van der Waals surface area contributed by atoms with Crippen molar-refractivity contribution in [3.63, 3.8) is 0 Å². The van der Waals surface area contributed by atoms with E-state index in [9.17, 15) is 4.79 Å². The first kappa shape index (κ1) is 21.6. The number of fused-ring (bicyclic) bond motifs is 3. The molecule has 1 aliphatic carbocycles. The maximum atomic E-state index is 13.3. The van der Waals surface area contributed by atoms with E-state index in [0.29, 0.717) is 43.6 Å². The molecule has 0 unspecified atom stereocenters. The highest BCUT2D eigenvalue weighted by molar-refractivity contribution is 6.39. The highest BCUT2D eigenvalue weighted by Gasteiger charge is 2.48. The van der Waals surface area contributed by atoms with Crippen LogP contribution in [-0.2, 0) is 19.0 Å². The number of likely N-dealkylation sites (N-methyl/N-ethyl adjacent to an activating group) is 1. The van der Waals surface area contributed by atoms with Crippen molar-refractivity contribution in [3.8, 4) is 11.1 Å². The number of rotatable bonds is 3. The highest BCUT2D eigenvalue weighted by Crippen LogP contribution is 2.52. The van der Waals surface area contributed by atoms with E-state index in [1.807, 2.05) is 7.05 Å². The normalized spacial score (nSPS) is 16.6. The molecule has 2 aromatic carbocycles. The second-order valence-electron chi connectivity index (χ2n) is 9.46. The number of anilines is 2. The van der Waals surface area contributed by atoms with Gasteiger partial charge in [-0.25, -0.2) is 4.98 Å². The van der Waals surface area contributed by atoms with E-state index < -0.39 is 0 Å². The van der Waals surface area contributed by atoms with Gasteiger partial charge < -0.3 is 14.8 Å². The SMILES string of the molecule is CN1Cc2cc(Nc3ncc4c(=O)c(-c5c(Cl)cccc5Cl)cn(C)c4n3)ccc2C2(CC2)C1. The molecule has 34 heavy (non-hydrogen) atoms. The molecule has 2 aliphatic rings. The Morgan fingerprint density at radius 3 is 2.59 bits per heavy atom. The lowest BCUT2D eigenvalue weighted by molar-refractivity contribution is 0.271. The summed E-state index contributed by atoms with van der Waals surface area (Å²) >= 11 is 12.7. The topological polar surface area (TPSA) is 63.1 Å². The second kappa shape index (κ2) is 7.80. The average molecular weight is 492 g/mol. The van der Waals surface area contributed by atoms with Crippen molar-refractivity contribution in [2.24, 2.45) is 7.05 Å². The van der Waals surface area contributed by atoms with Crippen LogP contribution in [0.5, 0.6) is 0 Å². The van der Waals surface area contributed by atoms with Gasteiger partial charge in [0.15, 0.2) is 0 Å². The summed E-state index contributed by atoms with van der Waals surface area (Å²) in [6, 6.07) is 11.7. The fraction of sp³-hybridized carbons (Fsp3) is 0.269. The van der Waals surface area contributed by atoms with Crippen LogP contribution in [-0.4, -0.2) is 33.0 Å². The molecule has 1 fully saturated rings. The summed E-state index contributed by atoms with van der Waals surface area (Å²) in [6.45, 7) is 2.07. The number of pyridine rings is 1. The van der Waals surface area contributed by atoms with E-state index in [2.05, 4.69) is 45.4 Å². The molecule has 1 saturated carbocycles. The van der Waals surface area contributed by atoms with Crippen molar-refractivity contribution in [3.05, 3.63) is 80.2 Å². The summed E-state index contributed by atoms with van der Waals surface area (Å²) in [4.78, 5) is 24.8. The van der Waals surface area contributed by atoms with Gasteiger partial charge in [0.25, 0.3) is 0 Å². The minimum absolute atomic E-state index is 0.207. The summed E-state index contributed by atoms with van der Waals surface area (Å²) in [5.74, 6) is 0.441. The van der Waals surface area contributed by atoms with Crippen LogP contribution in [0.1, 0.15) is 24.0 Å². The zero-order valence-electron chi connectivity index (χ0n) is 18.9. The van der Waals surface area contributed by atoms with Crippen molar-refractivity contribution >= 4 is 45.9 Å². The van der Waals surface area contributed by atoms with Gasteiger partial charge in [-0.15, -0.1) is 0 Å². The lowest BCUT2D eigenvalue weighted by Crippen LogP contribution is -2.35. The third kappa shape index (κ3) is 3.49. The number of hydrogen-bond acceptors (Lipinski definition) is 5. The summed E-state index contributed by atoms with van der Waals surface area (Å²) < 4.78 is 1.80. The van der Waals surface area contributed by atoms with Crippen LogP contribution in [0.2, 0.25) is 10.0 Å². The second-order valence-corrected chi connectivity index (χ2v) is 10.3. The summed E-state index contributed by atoms with van der Waals surface area (Å²) in [7, 11) is 4.02. The summed E-state index contributed by atoms with van der Waals surface area (Å²) in [5.41, 5.74) is 5.37. The van der Waals surface area contributed by atoms with Gasteiger partial charge in [-0.2, -0.15) is 4.98 Å². The number of aryl methyl sites for hydroxylation is 1. The molecule has 1 aliphatic heterocycles.